The molecule has 1 N–H and O–H groups in total. The van der Waals surface area contributed by atoms with Gasteiger partial charge in [-0.25, -0.2) is 0 Å². The number of thioether (sulfide) groups is 1. The van der Waals surface area contributed by atoms with Crippen molar-refractivity contribution < 1.29 is 14.3 Å². The number of anilines is 1. The van der Waals surface area contributed by atoms with Crippen LogP contribution < -0.4 is 14.8 Å². The fourth-order valence-corrected chi connectivity index (χ4v) is 3.68. The summed E-state index contributed by atoms with van der Waals surface area (Å²) >= 11 is 13.6. The topological polar surface area (TPSA) is 47.6 Å². The Morgan fingerprint density at radius 1 is 1.12 bits per heavy atom. The zero-order chi connectivity index (χ0) is 16.9. The molecule has 1 amide bonds. The van der Waals surface area contributed by atoms with E-state index in [9.17, 15) is 4.79 Å². The first-order chi connectivity index (χ1) is 11.6. The number of halogens is 2. The number of nitrogens with one attached hydrogen (secondary N) is 1. The van der Waals surface area contributed by atoms with E-state index >= 15 is 0 Å². The van der Waals surface area contributed by atoms with Crippen LogP contribution in [-0.2, 0) is 10.5 Å². The summed E-state index contributed by atoms with van der Waals surface area (Å²) in [6, 6.07) is 10.8. The van der Waals surface area contributed by atoms with Crippen molar-refractivity contribution >= 4 is 46.6 Å². The van der Waals surface area contributed by atoms with Gasteiger partial charge in [0, 0.05) is 39.7 Å². The molecule has 1 aliphatic rings. The predicted octanol–water partition coefficient (Wildman–Crippen LogP) is 4.98. The van der Waals surface area contributed by atoms with Gasteiger partial charge >= 0.3 is 0 Å². The lowest BCUT2D eigenvalue weighted by molar-refractivity contribution is -0.115. The molecule has 2 aromatic carbocycles. The van der Waals surface area contributed by atoms with Crippen LogP contribution in [0.2, 0.25) is 10.0 Å². The van der Waals surface area contributed by atoms with Gasteiger partial charge in [0.15, 0.2) is 11.5 Å². The van der Waals surface area contributed by atoms with Crippen LogP contribution in [0.25, 0.3) is 0 Å². The molecule has 0 bridgehead atoms. The molecule has 4 nitrogen and oxygen atoms in total. The lowest BCUT2D eigenvalue weighted by Gasteiger charge is -2.07. The van der Waals surface area contributed by atoms with Gasteiger partial charge in [-0.15, -0.1) is 0 Å². The minimum atomic E-state index is -0.0384. The number of ether oxygens (including phenoxy) is 2. The Morgan fingerprint density at radius 3 is 2.79 bits per heavy atom. The fraction of sp³-hybridized carbons (Fsp3) is 0.235. The first kappa shape index (κ1) is 17.3. The van der Waals surface area contributed by atoms with Gasteiger partial charge in [-0.1, -0.05) is 29.3 Å². The van der Waals surface area contributed by atoms with Gasteiger partial charge < -0.3 is 14.8 Å². The summed E-state index contributed by atoms with van der Waals surface area (Å²) in [5.41, 5.74) is 1.72. The number of hydrogen-bond acceptors (Lipinski definition) is 4. The van der Waals surface area contributed by atoms with Gasteiger partial charge in [0.05, 0.1) is 0 Å². The molecule has 1 heterocycles. The molecule has 126 valence electrons. The van der Waals surface area contributed by atoms with Crippen molar-refractivity contribution in [1.82, 2.24) is 0 Å². The Hall–Kier alpha value is -1.56. The third kappa shape index (κ3) is 4.50. The Bertz CT molecular complexity index is 755. The number of amides is 1. The Labute approximate surface area is 154 Å². The standard InChI is InChI=1S/C17H15Cl2NO3S/c18-12-2-1-11(14(19)7-12)9-24-6-5-17(21)20-13-3-4-15-16(8-13)23-10-22-15/h1-4,7-8H,5-6,9-10H2,(H,20,21). The quantitative estimate of drug-likeness (QED) is 0.714. The van der Waals surface area contributed by atoms with Gasteiger partial charge in [0.25, 0.3) is 0 Å². The van der Waals surface area contributed by atoms with Crippen molar-refractivity contribution in [2.75, 3.05) is 17.9 Å². The van der Waals surface area contributed by atoms with Crippen LogP contribution in [0.15, 0.2) is 36.4 Å². The molecule has 0 fully saturated rings. The number of carbonyl (C=O) groups excluding carboxylic acids is 1. The zero-order valence-electron chi connectivity index (χ0n) is 12.7. The summed E-state index contributed by atoms with van der Waals surface area (Å²) in [7, 11) is 0. The van der Waals surface area contributed by atoms with Crippen LogP contribution in [0.4, 0.5) is 5.69 Å². The van der Waals surface area contributed by atoms with E-state index in [0.717, 1.165) is 11.3 Å². The molecule has 0 aliphatic carbocycles. The van der Waals surface area contributed by atoms with E-state index in [1.165, 1.54) is 0 Å². The third-order valence-electron chi connectivity index (χ3n) is 3.40. The van der Waals surface area contributed by atoms with Crippen LogP contribution in [0, 0.1) is 0 Å². The van der Waals surface area contributed by atoms with Crippen LogP contribution in [-0.4, -0.2) is 18.5 Å². The smallest absolute Gasteiger partial charge is 0.231 e. The van der Waals surface area contributed by atoms with E-state index in [1.54, 1.807) is 36.0 Å². The van der Waals surface area contributed by atoms with Crippen LogP contribution in [0.1, 0.15) is 12.0 Å². The van der Waals surface area contributed by atoms with Gasteiger partial charge in [-0.2, -0.15) is 11.8 Å². The summed E-state index contributed by atoms with van der Waals surface area (Å²) < 4.78 is 10.5. The number of hydrogen-bond donors (Lipinski definition) is 1. The second-order valence-electron chi connectivity index (χ2n) is 5.15. The second kappa shape index (κ2) is 8.01. The lowest BCUT2D eigenvalue weighted by atomic mass is 10.2. The van der Waals surface area contributed by atoms with Crippen molar-refractivity contribution in [1.29, 1.82) is 0 Å². The minimum absolute atomic E-state index is 0.0384. The Balaban J connectivity index is 1.42. The average molecular weight is 384 g/mol. The highest BCUT2D eigenvalue weighted by molar-refractivity contribution is 7.98. The van der Waals surface area contributed by atoms with E-state index in [-0.39, 0.29) is 12.7 Å². The Morgan fingerprint density at radius 2 is 1.96 bits per heavy atom. The van der Waals surface area contributed by atoms with E-state index in [1.807, 2.05) is 12.1 Å². The molecule has 0 atom stereocenters. The summed E-state index contributed by atoms with van der Waals surface area (Å²) in [5.74, 6) is 2.76. The highest BCUT2D eigenvalue weighted by Gasteiger charge is 2.14. The molecule has 0 aromatic heterocycles. The van der Waals surface area contributed by atoms with Crippen molar-refractivity contribution in [3.05, 3.63) is 52.0 Å². The molecule has 0 saturated heterocycles. The maximum atomic E-state index is 12.0. The predicted molar refractivity (Wildman–Crippen MR) is 98.4 cm³/mol. The van der Waals surface area contributed by atoms with Crippen LogP contribution >= 0.6 is 35.0 Å². The zero-order valence-corrected chi connectivity index (χ0v) is 15.0. The lowest BCUT2D eigenvalue weighted by Crippen LogP contribution is -2.12. The number of carbonyl (C=O) groups is 1. The number of fused-ring (bicyclic) bond motifs is 1. The van der Waals surface area contributed by atoms with Crippen LogP contribution in [0.3, 0.4) is 0 Å². The molecular weight excluding hydrogens is 369 g/mol. The number of rotatable bonds is 6. The summed E-state index contributed by atoms with van der Waals surface area (Å²) in [5, 5.41) is 4.13. The fourth-order valence-electron chi connectivity index (χ4n) is 2.18. The van der Waals surface area contributed by atoms with E-state index < -0.39 is 0 Å². The van der Waals surface area contributed by atoms with Gasteiger partial charge in [-0.3, -0.25) is 4.79 Å². The van der Waals surface area contributed by atoms with Crippen molar-refractivity contribution in [3.8, 4) is 11.5 Å². The third-order valence-corrected chi connectivity index (χ3v) is 5.00. The summed E-state index contributed by atoms with van der Waals surface area (Å²) in [6.45, 7) is 0.219. The molecular formula is C17H15Cl2NO3S. The van der Waals surface area contributed by atoms with Crippen molar-refractivity contribution in [2.45, 2.75) is 12.2 Å². The molecule has 7 heteroatoms. The maximum Gasteiger partial charge on any atom is 0.231 e. The monoisotopic (exact) mass is 383 g/mol. The summed E-state index contributed by atoms with van der Waals surface area (Å²) in [6.07, 6.45) is 0.421. The highest BCUT2D eigenvalue weighted by atomic mass is 35.5. The average Bonchev–Trinajstić information content (AvgIpc) is 3.01. The molecule has 2 aromatic rings. The normalized spacial score (nSPS) is 12.2. The van der Waals surface area contributed by atoms with E-state index in [0.29, 0.717) is 39.4 Å². The molecule has 0 saturated carbocycles. The molecule has 24 heavy (non-hydrogen) atoms. The highest BCUT2D eigenvalue weighted by Crippen LogP contribution is 2.34. The second-order valence-corrected chi connectivity index (χ2v) is 7.10. The first-order valence-corrected chi connectivity index (χ1v) is 9.24. The van der Waals surface area contributed by atoms with E-state index in [2.05, 4.69) is 5.32 Å². The van der Waals surface area contributed by atoms with Gasteiger partial charge in [0.1, 0.15) is 0 Å². The maximum absolute atomic E-state index is 12.0. The van der Waals surface area contributed by atoms with Gasteiger partial charge in [-0.05, 0) is 29.8 Å². The summed E-state index contributed by atoms with van der Waals surface area (Å²) in [4.78, 5) is 12.0. The first-order valence-electron chi connectivity index (χ1n) is 7.33. The SMILES string of the molecule is O=C(CCSCc1ccc(Cl)cc1Cl)Nc1ccc2c(c1)OCO2. The molecule has 0 spiro atoms. The minimum Gasteiger partial charge on any atom is -0.454 e. The van der Waals surface area contributed by atoms with E-state index in [4.69, 9.17) is 32.7 Å². The molecule has 0 radical (unpaired) electrons. The largest absolute Gasteiger partial charge is 0.454 e. The Kier molecular flexibility index (Phi) is 5.76. The number of benzene rings is 2. The molecule has 3 rings (SSSR count). The van der Waals surface area contributed by atoms with Crippen LogP contribution in [0.5, 0.6) is 11.5 Å². The van der Waals surface area contributed by atoms with Crippen molar-refractivity contribution in [2.24, 2.45) is 0 Å². The van der Waals surface area contributed by atoms with Crippen molar-refractivity contribution in [3.63, 3.8) is 0 Å². The van der Waals surface area contributed by atoms with Gasteiger partial charge in [0.2, 0.25) is 12.7 Å². The molecule has 0 unspecified atom stereocenters. The molecule has 1 aliphatic heterocycles.